The number of rotatable bonds is 2. The second-order valence-electron chi connectivity index (χ2n) is 2.23. The lowest BCUT2D eigenvalue weighted by atomic mass is 10.2. The molecule has 5 nitrogen and oxygen atoms in total. The molecule has 0 unspecified atom stereocenters. The molecular weight excluding hydrogens is 146 g/mol. The van der Waals surface area contributed by atoms with Gasteiger partial charge in [0.2, 0.25) is 0 Å². The van der Waals surface area contributed by atoms with Crippen molar-refractivity contribution in [2.75, 3.05) is 0 Å². The Morgan fingerprint density at radius 1 is 1.91 bits per heavy atom. The summed E-state index contributed by atoms with van der Waals surface area (Å²) in [6, 6.07) is -1.03. The fraction of sp³-hybridized carbons (Fsp3) is 0.333. The third-order valence-electron chi connectivity index (χ3n) is 1.43. The minimum absolute atomic E-state index is 0.387. The van der Waals surface area contributed by atoms with Gasteiger partial charge in [-0.05, 0) is 6.92 Å². The molecule has 0 fully saturated rings. The average Bonchev–Trinajstić information content (AvgIpc) is 2.33. The van der Waals surface area contributed by atoms with E-state index in [9.17, 15) is 4.79 Å². The van der Waals surface area contributed by atoms with Crippen molar-refractivity contribution in [2.24, 2.45) is 5.73 Å². The Morgan fingerprint density at radius 2 is 2.55 bits per heavy atom. The number of aliphatic carboxylic acids is 1. The lowest BCUT2D eigenvalue weighted by molar-refractivity contribution is -0.138. The summed E-state index contributed by atoms with van der Waals surface area (Å²) in [5.41, 5.74) is 6.38. The van der Waals surface area contributed by atoms with Gasteiger partial charge in [0.1, 0.15) is 6.04 Å². The minimum Gasteiger partial charge on any atom is -0.480 e. The number of carboxylic acids is 1. The molecule has 1 heterocycles. The van der Waals surface area contributed by atoms with Crippen LogP contribution in [0.2, 0.25) is 0 Å². The number of hydrogen-bond acceptors (Lipinski definition) is 3. The van der Waals surface area contributed by atoms with E-state index in [1.165, 1.54) is 6.33 Å². The third-order valence-corrected chi connectivity index (χ3v) is 1.43. The molecule has 1 atom stereocenters. The Labute approximate surface area is 63.3 Å². The molecule has 0 spiro atoms. The van der Waals surface area contributed by atoms with E-state index < -0.39 is 12.0 Å². The second kappa shape index (κ2) is 2.71. The van der Waals surface area contributed by atoms with Crippen molar-refractivity contribution in [1.29, 1.82) is 0 Å². The minimum atomic E-state index is -1.07. The van der Waals surface area contributed by atoms with E-state index in [0.717, 1.165) is 0 Å². The molecule has 11 heavy (non-hydrogen) atoms. The number of nitrogens with two attached hydrogens (primary N) is 1. The molecule has 0 aliphatic heterocycles. The molecule has 0 radical (unpaired) electrons. The number of aromatic amines is 1. The molecule has 4 N–H and O–H groups in total. The van der Waals surface area contributed by atoms with E-state index in [1.54, 1.807) is 6.92 Å². The Morgan fingerprint density at radius 3 is 2.91 bits per heavy atom. The highest BCUT2D eigenvalue weighted by Crippen LogP contribution is 2.09. The molecule has 1 aromatic heterocycles. The van der Waals surface area contributed by atoms with Crippen molar-refractivity contribution in [1.82, 2.24) is 9.97 Å². The molecule has 1 aromatic rings. The van der Waals surface area contributed by atoms with Crippen LogP contribution in [0.25, 0.3) is 0 Å². The van der Waals surface area contributed by atoms with Crippen LogP contribution in [-0.2, 0) is 4.79 Å². The molecule has 0 aliphatic carbocycles. The van der Waals surface area contributed by atoms with Crippen LogP contribution in [0.5, 0.6) is 0 Å². The molecule has 0 bridgehead atoms. The first kappa shape index (κ1) is 7.74. The number of aryl methyl sites for hydroxylation is 1. The van der Waals surface area contributed by atoms with Gasteiger partial charge in [0.25, 0.3) is 0 Å². The zero-order valence-electron chi connectivity index (χ0n) is 6.03. The van der Waals surface area contributed by atoms with E-state index in [-0.39, 0.29) is 0 Å². The molecule has 0 amide bonds. The smallest absolute Gasteiger partial charge is 0.326 e. The van der Waals surface area contributed by atoms with Crippen LogP contribution >= 0.6 is 0 Å². The zero-order chi connectivity index (χ0) is 8.43. The topological polar surface area (TPSA) is 92.0 Å². The van der Waals surface area contributed by atoms with Gasteiger partial charge in [-0.15, -0.1) is 0 Å². The molecule has 0 saturated heterocycles. The van der Waals surface area contributed by atoms with Crippen LogP contribution in [-0.4, -0.2) is 21.0 Å². The van der Waals surface area contributed by atoms with Gasteiger partial charge in [0.15, 0.2) is 0 Å². The number of H-pyrrole nitrogens is 1. The Balaban J connectivity index is 2.92. The highest BCUT2D eigenvalue weighted by molar-refractivity contribution is 5.74. The van der Waals surface area contributed by atoms with Gasteiger partial charge >= 0.3 is 5.97 Å². The normalized spacial score (nSPS) is 12.9. The van der Waals surface area contributed by atoms with E-state index in [0.29, 0.717) is 11.4 Å². The number of hydrogen-bond donors (Lipinski definition) is 3. The van der Waals surface area contributed by atoms with Crippen LogP contribution in [0.1, 0.15) is 17.4 Å². The maximum Gasteiger partial charge on any atom is 0.326 e. The number of imidazole rings is 1. The van der Waals surface area contributed by atoms with Crippen LogP contribution in [0.15, 0.2) is 6.33 Å². The van der Waals surface area contributed by atoms with Gasteiger partial charge in [0.05, 0.1) is 12.0 Å². The van der Waals surface area contributed by atoms with Gasteiger partial charge in [-0.3, -0.25) is 4.79 Å². The molecule has 0 aromatic carbocycles. The summed E-state index contributed by atoms with van der Waals surface area (Å²) in [6.07, 6.45) is 1.42. The highest BCUT2D eigenvalue weighted by atomic mass is 16.4. The summed E-state index contributed by atoms with van der Waals surface area (Å²) < 4.78 is 0. The van der Waals surface area contributed by atoms with E-state index in [4.69, 9.17) is 10.8 Å². The molecule has 5 heteroatoms. The predicted molar refractivity (Wildman–Crippen MR) is 37.9 cm³/mol. The molecule has 0 saturated carbocycles. The van der Waals surface area contributed by atoms with Crippen molar-refractivity contribution >= 4 is 5.97 Å². The Kier molecular flexibility index (Phi) is 1.91. The number of nitrogens with zero attached hydrogens (tertiary/aromatic N) is 1. The first-order chi connectivity index (χ1) is 5.13. The standard InChI is InChI=1S/C6H9N3O2/c1-3-5(9-2-8-3)4(7)6(10)11/h2,4H,7H2,1H3,(H,8,9)(H,10,11)/t4-/m1/s1. The highest BCUT2D eigenvalue weighted by Gasteiger charge is 2.18. The largest absolute Gasteiger partial charge is 0.480 e. The fourth-order valence-corrected chi connectivity index (χ4v) is 0.800. The third kappa shape index (κ3) is 1.38. The summed E-state index contributed by atoms with van der Waals surface area (Å²) >= 11 is 0. The summed E-state index contributed by atoms with van der Waals surface area (Å²) in [6.45, 7) is 1.73. The number of carbonyl (C=O) groups is 1. The Hall–Kier alpha value is -1.36. The molecule has 1 rings (SSSR count). The van der Waals surface area contributed by atoms with Crippen LogP contribution in [0, 0.1) is 6.92 Å². The van der Waals surface area contributed by atoms with Crippen molar-refractivity contribution in [3.05, 3.63) is 17.7 Å². The van der Waals surface area contributed by atoms with E-state index in [1.807, 2.05) is 0 Å². The molecule has 0 aliphatic rings. The SMILES string of the molecule is Cc1[nH]cnc1[C@@H](N)C(=O)O. The van der Waals surface area contributed by atoms with E-state index in [2.05, 4.69) is 9.97 Å². The zero-order valence-corrected chi connectivity index (χ0v) is 6.03. The summed E-state index contributed by atoms with van der Waals surface area (Å²) in [5.74, 6) is -1.07. The van der Waals surface area contributed by atoms with Crippen molar-refractivity contribution in [2.45, 2.75) is 13.0 Å². The average molecular weight is 155 g/mol. The Bertz CT molecular complexity index is 269. The van der Waals surface area contributed by atoms with Gasteiger partial charge in [0, 0.05) is 5.69 Å². The van der Waals surface area contributed by atoms with Gasteiger partial charge in [-0.2, -0.15) is 0 Å². The van der Waals surface area contributed by atoms with Crippen molar-refractivity contribution in [3.63, 3.8) is 0 Å². The maximum atomic E-state index is 10.4. The lowest BCUT2D eigenvalue weighted by Crippen LogP contribution is -2.21. The van der Waals surface area contributed by atoms with Crippen LogP contribution in [0.4, 0.5) is 0 Å². The number of nitrogens with one attached hydrogen (secondary N) is 1. The number of aromatic nitrogens is 2. The molecular formula is C6H9N3O2. The predicted octanol–water partition coefficient (Wildman–Crippen LogP) is -0.197. The summed E-state index contributed by atoms with van der Waals surface area (Å²) in [7, 11) is 0. The quantitative estimate of drug-likeness (QED) is 0.551. The molecule has 60 valence electrons. The second-order valence-corrected chi connectivity index (χ2v) is 2.23. The maximum absolute atomic E-state index is 10.4. The van der Waals surface area contributed by atoms with Gasteiger partial charge in [-0.1, -0.05) is 0 Å². The number of carboxylic acid groups (broad SMARTS) is 1. The summed E-state index contributed by atoms with van der Waals surface area (Å²) in [4.78, 5) is 16.9. The van der Waals surface area contributed by atoms with Gasteiger partial charge in [-0.25, -0.2) is 4.98 Å². The van der Waals surface area contributed by atoms with Crippen molar-refractivity contribution in [3.8, 4) is 0 Å². The van der Waals surface area contributed by atoms with Crippen molar-refractivity contribution < 1.29 is 9.90 Å². The van der Waals surface area contributed by atoms with Crippen LogP contribution < -0.4 is 5.73 Å². The lowest BCUT2D eigenvalue weighted by Gasteiger charge is -2.02. The first-order valence-electron chi connectivity index (χ1n) is 3.11. The van der Waals surface area contributed by atoms with Gasteiger partial charge < -0.3 is 15.8 Å². The first-order valence-corrected chi connectivity index (χ1v) is 3.11. The summed E-state index contributed by atoms with van der Waals surface area (Å²) in [5, 5.41) is 8.50. The monoisotopic (exact) mass is 155 g/mol. The van der Waals surface area contributed by atoms with E-state index >= 15 is 0 Å². The fourth-order valence-electron chi connectivity index (χ4n) is 0.800. The van der Waals surface area contributed by atoms with Crippen LogP contribution in [0.3, 0.4) is 0 Å².